The molecule has 62 heavy (non-hydrogen) atoms. The summed E-state index contributed by atoms with van der Waals surface area (Å²) in [5.41, 5.74) is 16.7. The first-order valence-corrected chi connectivity index (χ1v) is 21.5. The van der Waals surface area contributed by atoms with Crippen molar-refractivity contribution in [1.82, 2.24) is 0 Å². The van der Waals surface area contributed by atoms with Gasteiger partial charge in [0.05, 0.1) is 16.8 Å². The van der Waals surface area contributed by atoms with Crippen LogP contribution in [0.25, 0.3) is 33.0 Å². The van der Waals surface area contributed by atoms with Crippen LogP contribution in [0.15, 0.2) is 194 Å². The van der Waals surface area contributed by atoms with Crippen LogP contribution in [0.2, 0.25) is 0 Å². The molecule has 9 aromatic rings. The van der Waals surface area contributed by atoms with E-state index in [1.165, 1.54) is 44.5 Å². The van der Waals surface area contributed by atoms with Crippen LogP contribution in [-0.2, 0) is 10.8 Å². The maximum Gasteiger partial charge on any atom is 0.172 e. The Morgan fingerprint density at radius 2 is 0.790 bits per heavy atom. The molecule has 4 heteroatoms. The molecule has 0 spiro atoms. The summed E-state index contributed by atoms with van der Waals surface area (Å²) >= 11 is 0. The lowest BCUT2D eigenvalue weighted by molar-refractivity contribution is 0.439. The Balaban J connectivity index is 0.965. The predicted octanol–water partition coefficient (Wildman–Crippen LogP) is 16.3. The number of anilines is 6. The molecule has 1 heterocycles. The highest BCUT2D eigenvalue weighted by molar-refractivity contribution is 6.06. The first-order chi connectivity index (χ1) is 30.3. The molecule has 0 atom stereocenters. The van der Waals surface area contributed by atoms with Gasteiger partial charge in [0.15, 0.2) is 11.5 Å². The quantitative estimate of drug-likeness (QED) is 0.167. The van der Waals surface area contributed by atoms with Crippen molar-refractivity contribution in [2.24, 2.45) is 0 Å². The van der Waals surface area contributed by atoms with E-state index in [1.54, 1.807) is 0 Å². The fraction of sp³-hybridized carbons (Fsp3) is 0.103. The van der Waals surface area contributed by atoms with Crippen LogP contribution >= 0.6 is 0 Å². The second-order valence-electron chi connectivity index (χ2n) is 17.7. The molecule has 1 aliphatic heterocycles. The zero-order valence-electron chi connectivity index (χ0n) is 35.2. The highest BCUT2D eigenvalue weighted by Gasteiger charge is 2.37. The molecule has 3 aliphatic rings. The van der Waals surface area contributed by atoms with Crippen molar-refractivity contribution >= 4 is 44.9 Å². The third-order valence-corrected chi connectivity index (χ3v) is 13.5. The molecule has 0 unspecified atom stereocenters. The van der Waals surface area contributed by atoms with E-state index in [0.29, 0.717) is 11.5 Å². The smallest absolute Gasteiger partial charge is 0.172 e. The Bertz CT molecular complexity index is 3260. The van der Waals surface area contributed by atoms with Gasteiger partial charge in [0, 0.05) is 45.0 Å². The van der Waals surface area contributed by atoms with Crippen LogP contribution in [0.5, 0.6) is 23.0 Å². The number of benzene rings is 9. The van der Waals surface area contributed by atoms with Gasteiger partial charge in [-0.25, -0.2) is 0 Å². The van der Waals surface area contributed by atoms with Gasteiger partial charge in [0.2, 0.25) is 0 Å². The van der Waals surface area contributed by atoms with Crippen molar-refractivity contribution in [1.29, 1.82) is 0 Å². The Kier molecular flexibility index (Phi) is 7.89. The number of fused-ring (bicyclic) bond motifs is 7. The van der Waals surface area contributed by atoms with Crippen LogP contribution in [0.1, 0.15) is 49.9 Å². The molecule has 0 bridgehead atoms. The molecular weight excluding hydrogens is 757 g/mol. The number of rotatable bonds is 6. The highest BCUT2D eigenvalue weighted by atomic mass is 16.5. The van der Waals surface area contributed by atoms with Gasteiger partial charge in [0.25, 0.3) is 0 Å². The van der Waals surface area contributed by atoms with Crippen molar-refractivity contribution in [3.63, 3.8) is 0 Å². The molecule has 0 fully saturated rings. The number of ether oxygens (including phenoxy) is 2. The van der Waals surface area contributed by atoms with E-state index in [1.807, 2.05) is 6.07 Å². The van der Waals surface area contributed by atoms with E-state index in [2.05, 4.69) is 226 Å². The van der Waals surface area contributed by atoms with Crippen LogP contribution < -0.4 is 19.3 Å². The van der Waals surface area contributed by atoms with Crippen LogP contribution in [0.4, 0.5) is 34.1 Å². The summed E-state index contributed by atoms with van der Waals surface area (Å²) in [6.45, 7) is 9.33. The maximum absolute atomic E-state index is 6.99. The van der Waals surface area contributed by atoms with E-state index in [0.717, 1.165) is 56.4 Å². The summed E-state index contributed by atoms with van der Waals surface area (Å²) in [6.07, 6.45) is 0. The Labute approximate surface area is 362 Å². The third kappa shape index (κ3) is 5.39. The fourth-order valence-corrected chi connectivity index (χ4v) is 10.4. The summed E-state index contributed by atoms with van der Waals surface area (Å²) in [5, 5.41) is 1.96. The molecular formula is C58H44N2O2. The third-order valence-electron chi connectivity index (χ3n) is 13.5. The first-order valence-electron chi connectivity index (χ1n) is 21.5. The van der Waals surface area contributed by atoms with Crippen molar-refractivity contribution in [3.8, 4) is 45.3 Å². The molecule has 0 saturated heterocycles. The monoisotopic (exact) mass is 800 g/mol. The molecule has 12 rings (SSSR count). The Morgan fingerprint density at radius 3 is 1.42 bits per heavy atom. The summed E-state index contributed by atoms with van der Waals surface area (Å²) in [5.74, 6) is 2.82. The molecule has 0 aromatic heterocycles. The lowest BCUT2D eigenvalue weighted by Gasteiger charge is -2.29. The first kappa shape index (κ1) is 36.3. The molecule has 4 nitrogen and oxygen atoms in total. The van der Waals surface area contributed by atoms with Gasteiger partial charge in [-0.05, 0) is 123 Å². The lowest BCUT2D eigenvalue weighted by Crippen LogP contribution is -2.16. The number of hydrogen-bond donors (Lipinski definition) is 0. The standard InChI is InChI=1S/C58H44N2O2/c1-57(2)47-23-13-11-20-42(47)44-29-26-39(34-49(44)57)59(37-16-7-5-8-17-37)41-28-32-52-55(36-41)62-53-25-15-22-46-51(31-33-54(61-52)56(46)53)60(38-18-9-6-10-19-38)40-27-30-45-43-21-12-14-24-48(43)58(3,4)50(45)35-40/h5-36H,1-4H3. The number of para-hydroxylation sites is 2. The van der Waals surface area contributed by atoms with Crippen molar-refractivity contribution in [3.05, 3.63) is 216 Å². The minimum atomic E-state index is -0.131. The van der Waals surface area contributed by atoms with Crippen molar-refractivity contribution in [2.75, 3.05) is 9.80 Å². The maximum atomic E-state index is 6.99. The average molecular weight is 801 g/mol. The minimum Gasteiger partial charge on any atom is -0.453 e. The van der Waals surface area contributed by atoms with Gasteiger partial charge in [-0.2, -0.15) is 0 Å². The van der Waals surface area contributed by atoms with E-state index in [4.69, 9.17) is 9.47 Å². The average Bonchev–Trinajstić information content (AvgIpc) is 3.58. The van der Waals surface area contributed by atoms with Gasteiger partial charge in [-0.1, -0.05) is 137 Å². The van der Waals surface area contributed by atoms with Crippen LogP contribution in [0, 0.1) is 0 Å². The molecule has 0 radical (unpaired) electrons. The zero-order chi connectivity index (χ0) is 41.7. The second kappa shape index (κ2) is 13.5. The number of hydrogen-bond acceptors (Lipinski definition) is 4. The van der Waals surface area contributed by atoms with Crippen molar-refractivity contribution in [2.45, 2.75) is 38.5 Å². The van der Waals surface area contributed by atoms with Gasteiger partial charge < -0.3 is 19.3 Å². The van der Waals surface area contributed by atoms with Crippen molar-refractivity contribution < 1.29 is 9.47 Å². The van der Waals surface area contributed by atoms with E-state index < -0.39 is 0 Å². The van der Waals surface area contributed by atoms with E-state index in [-0.39, 0.29) is 10.8 Å². The summed E-state index contributed by atoms with van der Waals surface area (Å²) < 4.78 is 13.8. The topological polar surface area (TPSA) is 24.9 Å². The Morgan fingerprint density at radius 1 is 0.323 bits per heavy atom. The molecule has 2 aliphatic carbocycles. The summed E-state index contributed by atoms with van der Waals surface area (Å²) in [6, 6.07) is 69.5. The Hall–Kier alpha value is -7.56. The van der Waals surface area contributed by atoms with E-state index >= 15 is 0 Å². The second-order valence-corrected chi connectivity index (χ2v) is 17.7. The van der Waals surface area contributed by atoms with Crippen LogP contribution in [-0.4, -0.2) is 0 Å². The molecule has 0 N–H and O–H groups in total. The minimum absolute atomic E-state index is 0.128. The SMILES string of the molecule is CC1(C)c2ccccc2-c2ccc(N(c3ccccc3)c3ccc4c(c3)Oc3cccc5c(N(c6ccccc6)c6ccc7c(c6)C(C)(C)c6ccccc6-7)ccc(c35)O4)cc21. The lowest BCUT2D eigenvalue weighted by atomic mass is 9.82. The number of nitrogens with zero attached hydrogens (tertiary/aromatic N) is 2. The fourth-order valence-electron chi connectivity index (χ4n) is 10.4. The molecule has 0 amide bonds. The summed E-state index contributed by atoms with van der Waals surface area (Å²) in [4.78, 5) is 4.68. The molecule has 298 valence electrons. The predicted molar refractivity (Wildman–Crippen MR) is 255 cm³/mol. The van der Waals surface area contributed by atoms with Gasteiger partial charge in [0.1, 0.15) is 11.5 Å². The highest BCUT2D eigenvalue weighted by Crippen LogP contribution is 2.55. The normalized spacial score (nSPS) is 14.3. The summed E-state index contributed by atoms with van der Waals surface area (Å²) in [7, 11) is 0. The van der Waals surface area contributed by atoms with Gasteiger partial charge >= 0.3 is 0 Å². The molecule has 0 saturated carbocycles. The largest absolute Gasteiger partial charge is 0.453 e. The van der Waals surface area contributed by atoms with Gasteiger partial charge in [-0.15, -0.1) is 0 Å². The zero-order valence-corrected chi connectivity index (χ0v) is 35.2. The van der Waals surface area contributed by atoms with Crippen LogP contribution in [0.3, 0.4) is 0 Å². The van der Waals surface area contributed by atoms with Gasteiger partial charge in [-0.3, -0.25) is 0 Å². The molecule has 9 aromatic carbocycles. The van der Waals surface area contributed by atoms with E-state index in [9.17, 15) is 0 Å².